The zero-order valence-corrected chi connectivity index (χ0v) is 11.2. The van der Waals surface area contributed by atoms with Gasteiger partial charge >= 0.3 is 0 Å². The standard InChI is InChI=1S/C12H9ClN2S2/c13-9-2-1-3-10-11(9)17-12(15-10)14-6-8-4-5-16-7-8/h1-5,7H,6H2,(H,14,15). The first-order valence-electron chi connectivity index (χ1n) is 5.13. The van der Waals surface area contributed by atoms with E-state index in [0.717, 1.165) is 26.9 Å². The SMILES string of the molecule is Clc1cccc2nc(NCc3ccsc3)sc12. The number of benzene rings is 1. The average Bonchev–Trinajstić information content (AvgIpc) is 2.95. The fraction of sp³-hybridized carbons (Fsp3) is 0.0833. The minimum atomic E-state index is 0.767. The van der Waals surface area contributed by atoms with E-state index in [9.17, 15) is 0 Å². The molecule has 0 fully saturated rings. The van der Waals surface area contributed by atoms with Crippen LogP contribution in [0.1, 0.15) is 5.56 Å². The van der Waals surface area contributed by atoms with Crippen LogP contribution < -0.4 is 5.32 Å². The number of fused-ring (bicyclic) bond motifs is 1. The van der Waals surface area contributed by atoms with Crippen LogP contribution >= 0.6 is 34.3 Å². The fourth-order valence-electron chi connectivity index (χ4n) is 1.56. The molecule has 0 saturated carbocycles. The smallest absolute Gasteiger partial charge is 0.184 e. The third-order valence-electron chi connectivity index (χ3n) is 2.39. The largest absolute Gasteiger partial charge is 0.357 e. The summed E-state index contributed by atoms with van der Waals surface area (Å²) in [5.41, 5.74) is 2.23. The quantitative estimate of drug-likeness (QED) is 0.757. The number of rotatable bonds is 3. The molecule has 0 saturated heterocycles. The minimum Gasteiger partial charge on any atom is -0.357 e. The number of halogens is 1. The van der Waals surface area contributed by atoms with Crippen molar-refractivity contribution in [2.24, 2.45) is 0 Å². The molecule has 3 rings (SSSR count). The zero-order chi connectivity index (χ0) is 11.7. The highest BCUT2D eigenvalue weighted by molar-refractivity contribution is 7.22. The van der Waals surface area contributed by atoms with E-state index >= 15 is 0 Å². The van der Waals surface area contributed by atoms with Gasteiger partial charge in [-0.1, -0.05) is 29.0 Å². The number of thiazole rings is 1. The molecular weight excluding hydrogens is 272 g/mol. The summed E-state index contributed by atoms with van der Waals surface area (Å²) in [4.78, 5) is 4.50. The van der Waals surface area contributed by atoms with Crippen molar-refractivity contribution in [1.29, 1.82) is 0 Å². The second kappa shape index (κ2) is 4.64. The number of anilines is 1. The molecular formula is C12H9ClN2S2. The van der Waals surface area contributed by atoms with Crippen molar-refractivity contribution in [3.63, 3.8) is 0 Å². The first-order valence-corrected chi connectivity index (χ1v) is 7.26. The summed E-state index contributed by atoms with van der Waals surface area (Å²) in [5.74, 6) is 0. The fourth-order valence-corrected chi connectivity index (χ4v) is 3.38. The second-order valence-electron chi connectivity index (χ2n) is 3.59. The summed E-state index contributed by atoms with van der Waals surface area (Å²) in [6.45, 7) is 0.806. The number of nitrogens with one attached hydrogen (secondary N) is 1. The van der Waals surface area contributed by atoms with Gasteiger partial charge in [-0.05, 0) is 34.5 Å². The van der Waals surface area contributed by atoms with Crippen molar-refractivity contribution in [3.05, 3.63) is 45.6 Å². The van der Waals surface area contributed by atoms with Gasteiger partial charge in [-0.2, -0.15) is 11.3 Å². The Bertz CT molecular complexity index is 631. The molecule has 2 nitrogen and oxygen atoms in total. The van der Waals surface area contributed by atoms with Crippen LogP contribution in [0.5, 0.6) is 0 Å². The Hall–Kier alpha value is -1.10. The summed E-state index contributed by atoms with van der Waals surface area (Å²) in [6.07, 6.45) is 0. The van der Waals surface area contributed by atoms with Crippen LogP contribution in [0.4, 0.5) is 5.13 Å². The van der Waals surface area contributed by atoms with Gasteiger partial charge in [0.25, 0.3) is 0 Å². The zero-order valence-electron chi connectivity index (χ0n) is 8.81. The van der Waals surface area contributed by atoms with Crippen molar-refractivity contribution in [1.82, 2.24) is 4.98 Å². The van der Waals surface area contributed by atoms with Gasteiger partial charge in [0.05, 0.1) is 15.2 Å². The van der Waals surface area contributed by atoms with Gasteiger partial charge in [0.1, 0.15) is 0 Å². The lowest BCUT2D eigenvalue weighted by atomic mass is 10.3. The summed E-state index contributed by atoms with van der Waals surface area (Å²) in [6, 6.07) is 7.91. The molecule has 0 amide bonds. The number of hydrogen-bond acceptors (Lipinski definition) is 4. The third-order valence-corrected chi connectivity index (χ3v) is 4.61. The van der Waals surface area contributed by atoms with E-state index in [1.165, 1.54) is 5.56 Å². The Labute approximate surface area is 112 Å². The van der Waals surface area contributed by atoms with Crippen molar-refractivity contribution < 1.29 is 0 Å². The van der Waals surface area contributed by atoms with Crippen LogP contribution in [-0.2, 0) is 6.54 Å². The summed E-state index contributed by atoms with van der Waals surface area (Å²) in [5, 5.41) is 9.21. The molecule has 1 N–H and O–H groups in total. The predicted octanol–water partition coefficient (Wildman–Crippen LogP) is 4.62. The van der Waals surface area contributed by atoms with Gasteiger partial charge in [-0.15, -0.1) is 0 Å². The first-order chi connectivity index (χ1) is 8.33. The van der Waals surface area contributed by atoms with E-state index in [0.29, 0.717) is 0 Å². The van der Waals surface area contributed by atoms with E-state index < -0.39 is 0 Å². The summed E-state index contributed by atoms with van der Waals surface area (Å²) < 4.78 is 1.04. The van der Waals surface area contributed by atoms with Gasteiger partial charge in [0, 0.05) is 6.54 Å². The lowest BCUT2D eigenvalue weighted by Gasteiger charge is -1.98. The highest BCUT2D eigenvalue weighted by atomic mass is 35.5. The Kier molecular flexibility index (Phi) is 3.01. The topological polar surface area (TPSA) is 24.9 Å². The highest BCUT2D eigenvalue weighted by Crippen LogP contribution is 2.31. The first kappa shape index (κ1) is 11.0. The predicted molar refractivity (Wildman–Crippen MR) is 76.3 cm³/mol. The molecule has 1 aromatic carbocycles. The molecule has 2 aromatic heterocycles. The molecule has 5 heteroatoms. The van der Waals surface area contributed by atoms with Crippen LogP contribution in [0, 0.1) is 0 Å². The molecule has 0 radical (unpaired) electrons. The normalized spacial score (nSPS) is 10.9. The number of thiophene rings is 1. The third kappa shape index (κ3) is 2.29. The maximum absolute atomic E-state index is 6.11. The van der Waals surface area contributed by atoms with Crippen LogP contribution in [0.15, 0.2) is 35.0 Å². The van der Waals surface area contributed by atoms with Gasteiger partial charge in [0.15, 0.2) is 5.13 Å². The van der Waals surface area contributed by atoms with Crippen molar-refractivity contribution in [2.75, 3.05) is 5.32 Å². The van der Waals surface area contributed by atoms with Gasteiger partial charge < -0.3 is 5.32 Å². The lowest BCUT2D eigenvalue weighted by Crippen LogP contribution is -1.96. The number of nitrogens with zero attached hydrogens (tertiary/aromatic N) is 1. The number of hydrogen-bond donors (Lipinski definition) is 1. The van der Waals surface area contributed by atoms with E-state index in [1.807, 2.05) is 18.2 Å². The highest BCUT2D eigenvalue weighted by Gasteiger charge is 2.06. The molecule has 86 valence electrons. The van der Waals surface area contributed by atoms with E-state index in [1.54, 1.807) is 22.7 Å². The Morgan fingerprint density at radius 1 is 1.29 bits per heavy atom. The Morgan fingerprint density at radius 2 is 2.24 bits per heavy atom. The van der Waals surface area contributed by atoms with E-state index in [-0.39, 0.29) is 0 Å². The van der Waals surface area contributed by atoms with Crippen LogP contribution in [-0.4, -0.2) is 4.98 Å². The van der Waals surface area contributed by atoms with E-state index in [2.05, 4.69) is 27.1 Å². The van der Waals surface area contributed by atoms with Gasteiger partial charge in [-0.3, -0.25) is 0 Å². The molecule has 17 heavy (non-hydrogen) atoms. The Morgan fingerprint density at radius 3 is 3.00 bits per heavy atom. The summed E-state index contributed by atoms with van der Waals surface area (Å²) >= 11 is 9.41. The summed E-state index contributed by atoms with van der Waals surface area (Å²) in [7, 11) is 0. The van der Waals surface area contributed by atoms with Crippen LogP contribution in [0.3, 0.4) is 0 Å². The molecule has 0 spiro atoms. The van der Waals surface area contributed by atoms with Gasteiger partial charge in [0.2, 0.25) is 0 Å². The van der Waals surface area contributed by atoms with E-state index in [4.69, 9.17) is 11.6 Å². The van der Waals surface area contributed by atoms with Crippen molar-refractivity contribution in [3.8, 4) is 0 Å². The molecule has 0 aliphatic carbocycles. The molecule has 3 aromatic rings. The molecule has 0 atom stereocenters. The monoisotopic (exact) mass is 280 g/mol. The Balaban J connectivity index is 1.84. The van der Waals surface area contributed by atoms with Gasteiger partial charge in [-0.25, -0.2) is 4.98 Å². The second-order valence-corrected chi connectivity index (χ2v) is 5.78. The van der Waals surface area contributed by atoms with Crippen molar-refractivity contribution in [2.45, 2.75) is 6.54 Å². The van der Waals surface area contributed by atoms with Crippen LogP contribution in [0.2, 0.25) is 5.02 Å². The van der Waals surface area contributed by atoms with Crippen molar-refractivity contribution >= 4 is 49.6 Å². The molecule has 0 bridgehead atoms. The maximum Gasteiger partial charge on any atom is 0.184 e. The minimum absolute atomic E-state index is 0.767. The molecule has 0 aliphatic heterocycles. The molecule has 2 heterocycles. The number of aromatic nitrogens is 1. The molecule has 0 aliphatic rings. The average molecular weight is 281 g/mol. The lowest BCUT2D eigenvalue weighted by molar-refractivity contribution is 1.15. The maximum atomic E-state index is 6.11. The van der Waals surface area contributed by atoms with Crippen LogP contribution in [0.25, 0.3) is 10.2 Å². The molecule has 0 unspecified atom stereocenters.